The molecule has 17 heavy (non-hydrogen) atoms. The predicted molar refractivity (Wildman–Crippen MR) is 64.1 cm³/mol. The summed E-state index contributed by atoms with van der Waals surface area (Å²) in [6, 6.07) is 0.631. The second kappa shape index (κ2) is 5.33. The van der Waals surface area contributed by atoms with Crippen molar-refractivity contribution >= 4 is 5.97 Å². The number of likely N-dealkylation sites (tertiary alicyclic amines) is 1. The van der Waals surface area contributed by atoms with Crippen LogP contribution in [0.1, 0.15) is 19.3 Å². The Labute approximate surface area is 102 Å². The highest BCUT2D eigenvalue weighted by atomic mass is 16.5. The summed E-state index contributed by atoms with van der Waals surface area (Å²) in [5, 5.41) is 8.86. The van der Waals surface area contributed by atoms with Gasteiger partial charge in [-0.2, -0.15) is 0 Å². The molecule has 0 bridgehead atoms. The van der Waals surface area contributed by atoms with Crippen molar-refractivity contribution in [3.63, 3.8) is 0 Å². The maximum absolute atomic E-state index is 10.8. The minimum Gasteiger partial charge on any atom is -0.479 e. The molecule has 0 aliphatic carbocycles. The van der Waals surface area contributed by atoms with Crippen molar-refractivity contribution in [3.8, 4) is 0 Å². The number of aliphatic carboxylic acids is 1. The lowest BCUT2D eigenvalue weighted by Gasteiger charge is -2.22. The summed E-state index contributed by atoms with van der Waals surface area (Å²) in [6.45, 7) is 3.05. The van der Waals surface area contributed by atoms with Crippen molar-refractivity contribution in [2.24, 2.45) is 0 Å². The van der Waals surface area contributed by atoms with Crippen LogP contribution in [0.2, 0.25) is 0 Å². The number of likely N-dealkylation sites (N-methyl/N-ethyl adjacent to an activating group) is 1. The highest BCUT2D eigenvalue weighted by Crippen LogP contribution is 2.22. The van der Waals surface area contributed by atoms with Crippen LogP contribution in [0, 0.1) is 0 Å². The molecule has 0 amide bonds. The third-order valence-corrected chi connectivity index (χ3v) is 3.82. The zero-order valence-corrected chi connectivity index (χ0v) is 10.6. The van der Waals surface area contributed by atoms with Crippen LogP contribution in [0.15, 0.2) is 0 Å². The Hall–Kier alpha value is -0.650. The van der Waals surface area contributed by atoms with Gasteiger partial charge in [0, 0.05) is 19.1 Å². The molecule has 5 heteroatoms. The fourth-order valence-corrected chi connectivity index (χ4v) is 2.71. The van der Waals surface area contributed by atoms with Gasteiger partial charge in [0.25, 0.3) is 0 Å². The average molecular weight is 242 g/mol. The van der Waals surface area contributed by atoms with Crippen LogP contribution in [0.3, 0.4) is 0 Å². The summed E-state index contributed by atoms with van der Waals surface area (Å²) in [4.78, 5) is 15.4. The molecule has 5 nitrogen and oxygen atoms in total. The minimum absolute atomic E-state index is 0.108. The van der Waals surface area contributed by atoms with E-state index in [9.17, 15) is 4.79 Å². The molecule has 2 aliphatic heterocycles. The largest absolute Gasteiger partial charge is 0.479 e. The summed E-state index contributed by atoms with van der Waals surface area (Å²) >= 11 is 0. The highest BCUT2D eigenvalue weighted by molar-refractivity contribution is 5.72. The van der Waals surface area contributed by atoms with E-state index in [0.29, 0.717) is 12.5 Å². The number of rotatable bonds is 4. The molecule has 0 radical (unpaired) electrons. The van der Waals surface area contributed by atoms with Gasteiger partial charge in [-0.25, -0.2) is 4.79 Å². The van der Waals surface area contributed by atoms with Crippen molar-refractivity contribution in [2.75, 3.05) is 33.7 Å². The van der Waals surface area contributed by atoms with Crippen LogP contribution in [0.5, 0.6) is 0 Å². The van der Waals surface area contributed by atoms with Gasteiger partial charge in [-0.1, -0.05) is 0 Å². The van der Waals surface area contributed by atoms with E-state index < -0.39 is 12.1 Å². The lowest BCUT2D eigenvalue weighted by Crippen LogP contribution is -2.35. The molecule has 2 heterocycles. The maximum Gasteiger partial charge on any atom is 0.332 e. The summed E-state index contributed by atoms with van der Waals surface area (Å²) < 4.78 is 5.53. The van der Waals surface area contributed by atoms with E-state index in [-0.39, 0.29) is 6.10 Å². The van der Waals surface area contributed by atoms with Gasteiger partial charge < -0.3 is 14.7 Å². The van der Waals surface area contributed by atoms with Crippen LogP contribution in [0.4, 0.5) is 0 Å². The van der Waals surface area contributed by atoms with E-state index in [1.807, 2.05) is 0 Å². The molecule has 0 saturated carbocycles. The first kappa shape index (κ1) is 12.8. The summed E-state index contributed by atoms with van der Waals surface area (Å²) in [7, 11) is 4.22. The Kier molecular flexibility index (Phi) is 4.01. The number of carboxylic acids is 1. The Morgan fingerprint density at radius 3 is 2.71 bits per heavy atom. The van der Waals surface area contributed by atoms with Crippen LogP contribution in [-0.2, 0) is 9.53 Å². The minimum atomic E-state index is -0.819. The van der Waals surface area contributed by atoms with Gasteiger partial charge in [0.1, 0.15) is 0 Å². The van der Waals surface area contributed by atoms with Crippen molar-refractivity contribution in [1.29, 1.82) is 0 Å². The average Bonchev–Trinajstić information content (AvgIpc) is 2.87. The number of carboxylic acid groups (broad SMARTS) is 1. The molecule has 0 aromatic carbocycles. The van der Waals surface area contributed by atoms with E-state index in [1.165, 1.54) is 6.42 Å². The van der Waals surface area contributed by atoms with Crippen LogP contribution >= 0.6 is 0 Å². The first-order valence-corrected chi connectivity index (χ1v) is 6.33. The molecule has 0 aromatic heterocycles. The number of hydrogen-bond acceptors (Lipinski definition) is 4. The monoisotopic (exact) mass is 242 g/mol. The van der Waals surface area contributed by atoms with E-state index in [4.69, 9.17) is 9.84 Å². The highest BCUT2D eigenvalue weighted by Gasteiger charge is 2.33. The second-order valence-corrected chi connectivity index (χ2v) is 5.33. The molecule has 1 N–H and O–H groups in total. The fourth-order valence-electron chi connectivity index (χ4n) is 2.71. The normalized spacial score (nSPS) is 34.6. The first-order chi connectivity index (χ1) is 8.06. The topological polar surface area (TPSA) is 53.0 Å². The lowest BCUT2D eigenvalue weighted by molar-refractivity contribution is -0.149. The van der Waals surface area contributed by atoms with Gasteiger partial charge >= 0.3 is 5.97 Å². The Morgan fingerprint density at radius 1 is 1.41 bits per heavy atom. The smallest absolute Gasteiger partial charge is 0.332 e. The Bertz CT molecular complexity index is 283. The molecule has 98 valence electrons. The third kappa shape index (κ3) is 3.18. The van der Waals surface area contributed by atoms with Gasteiger partial charge in [0.05, 0.1) is 6.10 Å². The van der Waals surface area contributed by atoms with Crippen molar-refractivity contribution in [2.45, 2.75) is 37.5 Å². The fraction of sp³-hybridized carbons (Fsp3) is 0.917. The van der Waals surface area contributed by atoms with Gasteiger partial charge in [0.15, 0.2) is 6.10 Å². The molecule has 2 fully saturated rings. The molecule has 2 aliphatic rings. The molecular formula is C12H22N2O3. The zero-order valence-electron chi connectivity index (χ0n) is 10.6. The van der Waals surface area contributed by atoms with Gasteiger partial charge in [-0.05, 0) is 39.9 Å². The summed E-state index contributed by atoms with van der Waals surface area (Å²) in [5.74, 6) is -0.819. The molecule has 2 saturated heterocycles. The SMILES string of the molecule is CN(C)C1CCN(CC2CCC(C(=O)O)O2)C1. The van der Waals surface area contributed by atoms with Gasteiger partial charge in [-0.15, -0.1) is 0 Å². The van der Waals surface area contributed by atoms with Gasteiger partial charge in [0.2, 0.25) is 0 Å². The third-order valence-electron chi connectivity index (χ3n) is 3.82. The molecule has 3 atom stereocenters. The van der Waals surface area contributed by atoms with Crippen LogP contribution in [-0.4, -0.2) is 72.9 Å². The van der Waals surface area contributed by atoms with Crippen LogP contribution < -0.4 is 0 Å². The molecular weight excluding hydrogens is 220 g/mol. The standard InChI is InChI=1S/C12H22N2O3/c1-13(2)9-5-6-14(7-9)8-10-3-4-11(17-10)12(15)16/h9-11H,3-8H2,1-2H3,(H,15,16). The lowest BCUT2D eigenvalue weighted by atomic mass is 10.2. The van der Waals surface area contributed by atoms with E-state index >= 15 is 0 Å². The van der Waals surface area contributed by atoms with E-state index in [0.717, 1.165) is 26.1 Å². The first-order valence-electron chi connectivity index (χ1n) is 6.33. The van der Waals surface area contributed by atoms with Gasteiger partial charge in [-0.3, -0.25) is 4.90 Å². The molecule has 2 rings (SSSR count). The van der Waals surface area contributed by atoms with Crippen molar-refractivity contribution in [1.82, 2.24) is 9.80 Å². The molecule has 3 unspecified atom stereocenters. The Morgan fingerprint density at radius 2 is 2.18 bits per heavy atom. The van der Waals surface area contributed by atoms with Crippen LogP contribution in [0.25, 0.3) is 0 Å². The van der Waals surface area contributed by atoms with Crippen molar-refractivity contribution in [3.05, 3.63) is 0 Å². The molecule has 0 spiro atoms. The number of hydrogen-bond donors (Lipinski definition) is 1. The number of nitrogens with zero attached hydrogens (tertiary/aromatic N) is 2. The quantitative estimate of drug-likeness (QED) is 0.766. The number of ether oxygens (including phenoxy) is 1. The van der Waals surface area contributed by atoms with E-state index in [2.05, 4.69) is 23.9 Å². The van der Waals surface area contributed by atoms with E-state index in [1.54, 1.807) is 0 Å². The summed E-state index contributed by atoms with van der Waals surface area (Å²) in [6.07, 6.45) is 2.26. The predicted octanol–water partition coefficient (Wildman–Crippen LogP) is 0.255. The maximum atomic E-state index is 10.8. The van der Waals surface area contributed by atoms with Crippen molar-refractivity contribution < 1.29 is 14.6 Å². The molecule has 0 aromatic rings. The second-order valence-electron chi connectivity index (χ2n) is 5.33. The Balaban J connectivity index is 1.74. The zero-order chi connectivity index (χ0) is 12.4. The summed E-state index contributed by atoms with van der Waals surface area (Å²) in [5.41, 5.74) is 0. The number of carbonyl (C=O) groups is 1.